The van der Waals surface area contributed by atoms with Crippen molar-refractivity contribution < 1.29 is 18.0 Å². The quantitative estimate of drug-likeness (QED) is 0.633. The molecule has 8 nitrogen and oxygen atoms in total. The maximum Gasteiger partial charge on any atom is 0.253 e. The van der Waals surface area contributed by atoms with Gasteiger partial charge >= 0.3 is 0 Å². The molecule has 1 unspecified atom stereocenters. The molecular weight excluding hydrogens is 368 g/mol. The van der Waals surface area contributed by atoms with Gasteiger partial charge in [-0.05, 0) is 17.7 Å². The third kappa shape index (κ3) is 6.52. The average molecular weight is 386 g/mol. The fourth-order valence-corrected chi connectivity index (χ4v) is 3.87. The highest BCUT2D eigenvalue weighted by atomic mass is 32.2. The maximum absolute atomic E-state index is 12.5. The van der Waals surface area contributed by atoms with Gasteiger partial charge in [-0.2, -0.15) is 5.26 Å². The van der Waals surface area contributed by atoms with Crippen LogP contribution in [0.2, 0.25) is 0 Å². The molecule has 0 fully saturated rings. The summed E-state index contributed by atoms with van der Waals surface area (Å²) >= 11 is 0. The van der Waals surface area contributed by atoms with Gasteiger partial charge in [0.1, 0.15) is 12.6 Å². The second kappa shape index (κ2) is 9.45. The fraction of sp³-hybridized carbons (Fsp3) is 0.222. The summed E-state index contributed by atoms with van der Waals surface area (Å²) in [5.41, 5.74) is 0.767. The summed E-state index contributed by atoms with van der Waals surface area (Å²) in [5, 5.41) is 13.3. The van der Waals surface area contributed by atoms with Crippen LogP contribution in [0, 0.1) is 11.3 Å². The standard InChI is InChI=1S/C18H18N4O4S/c19-8-10-21-18(24)16(22-17(23)15-7-4-9-20-11-15)13-27(25,26)12-14-5-2-1-3-6-14/h1-7,9,11,16H,10,12-13H2,(H,21,24)(H,22,23). The highest BCUT2D eigenvalue weighted by Gasteiger charge is 2.27. The number of benzene rings is 1. The van der Waals surface area contributed by atoms with Crippen LogP contribution in [0.25, 0.3) is 0 Å². The monoisotopic (exact) mass is 386 g/mol. The van der Waals surface area contributed by atoms with Gasteiger partial charge in [0.05, 0.1) is 23.1 Å². The summed E-state index contributed by atoms with van der Waals surface area (Å²) in [4.78, 5) is 28.3. The van der Waals surface area contributed by atoms with Crippen molar-refractivity contribution >= 4 is 21.7 Å². The first kappa shape index (κ1) is 20.1. The summed E-state index contributed by atoms with van der Waals surface area (Å²) in [5.74, 6) is -2.23. The Balaban J connectivity index is 2.15. The first-order valence-corrected chi connectivity index (χ1v) is 9.83. The molecule has 2 amide bonds. The van der Waals surface area contributed by atoms with E-state index in [2.05, 4.69) is 15.6 Å². The lowest BCUT2D eigenvalue weighted by molar-refractivity contribution is -0.122. The van der Waals surface area contributed by atoms with Crippen molar-refractivity contribution in [3.63, 3.8) is 0 Å². The first-order valence-electron chi connectivity index (χ1n) is 8.01. The summed E-state index contributed by atoms with van der Waals surface area (Å²) in [6, 6.07) is 12.0. The Morgan fingerprint density at radius 1 is 1.15 bits per heavy atom. The Morgan fingerprint density at radius 3 is 2.52 bits per heavy atom. The number of carbonyl (C=O) groups is 2. The Kier molecular flexibility index (Phi) is 7.02. The van der Waals surface area contributed by atoms with E-state index in [0.29, 0.717) is 5.56 Å². The van der Waals surface area contributed by atoms with Crippen molar-refractivity contribution in [1.29, 1.82) is 5.26 Å². The van der Waals surface area contributed by atoms with E-state index in [1.165, 1.54) is 18.5 Å². The lowest BCUT2D eigenvalue weighted by atomic mass is 10.2. The molecule has 0 saturated heterocycles. The summed E-state index contributed by atoms with van der Waals surface area (Å²) in [6.07, 6.45) is 2.79. The van der Waals surface area contributed by atoms with Gasteiger partial charge in [0, 0.05) is 12.4 Å². The van der Waals surface area contributed by atoms with Crippen molar-refractivity contribution in [3.05, 3.63) is 66.0 Å². The summed E-state index contributed by atoms with van der Waals surface area (Å²) in [6.45, 7) is -0.295. The molecule has 0 aliphatic heterocycles. The molecule has 27 heavy (non-hydrogen) atoms. The largest absolute Gasteiger partial charge is 0.341 e. The van der Waals surface area contributed by atoms with Crippen LogP contribution in [-0.2, 0) is 20.4 Å². The van der Waals surface area contributed by atoms with E-state index in [-0.39, 0.29) is 17.9 Å². The maximum atomic E-state index is 12.5. The van der Waals surface area contributed by atoms with Crippen LogP contribution in [0.3, 0.4) is 0 Å². The van der Waals surface area contributed by atoms with E-state index in [4.69, 9.17) is 5.26 Å². The van der Waals surface area contributed by atoms with Crippen molar-refractivity contribution in [2.24, 2.45) is 0 Å². The van der Waals surface area contributed by atoms with Crippen LogP contribution in [0.4, 0.5) is 0 Å². The predicted molar refractivity (Wildman–Crippen MR) is 98.0 cm³/mol. The lowest BCUT2D eigenvalue weighted by Crippen LogP contribution is -2.50. The normalized spacial score (nSPS) is 11.8. The van der Waals surface area contributed by atoms with Crippen molar-refractivity contribution in [2.75, 3.05) is 12.3 Å². The second-order valence-corrected chi connectivity index (χ2v) is 7.79. The second-order valence-electron chi connectivity index (χ2n) is 5.68. The van der Waals surface area contributed by atoms with E-state index in [1.54, 1.807) is 42.5 Å². The Labute approximate surface area is 157 Å². The van der Waals surface area contributed by atoms with Crippen molar-refractivity contribution in [1.82, 2.24) is 15.6 Å². The van der Waals surface area contributed by atoms with Crippen molar-refractivity contribution in [3.8, 4) is 6.07 Å². The van der Waals surface area contributed by atoms with Gasteiger partial charge in [0.25, 0.3) is 5.91 Å². The number of hydrogen-bond donors (Lipinski definition) is 2. The fourth-order valence-electron chi connectivity index (χ4n) is 2.31. The van der Waals surface area contributed by atoms with Gasteiger partial charge < -0.3 is 10.6 Å². The topological polar surface area (TPSA) is 129 Å². The molecule has 9 heteroatoms. The zero-order valence-corrected chi connectivity index (χ0v) is 15.1. The SMILES string of the molecule is N#CCNC(=O)C(CS(=O)(=O)Cc1ccccc1)NC(=O)c1cccnc1. The van der Waals surface area contributed by atoms with Crippen LogP contribution in [0.15, 0.2) is 54.9 Å². The number of carbonyl (C=O) groups excluding carboxylic acids is 2. The molecule has 2 aromatic rings. The number of sulfone groups is 1. The van der Waals surface area contributed by atoms with Gasteiger partial charge in [-0.15, -0.1) is 0 Å². The van der Waals surface area contributed by atoms with Gasteiger partial charge in [-0.1, -0.05) is 30.3 Å². The molecule has 1 aromatic carbocycles. The smallest absolute Gasteiger partial charge is 0.253 e. The Bertz CT molecular complexity index is 925. The van der Waals surface area contributed by atoms with Crippen LogP contribution in [0.5, 0.6) is 0 Å². The van der Waals surface area contributed by atoms with Crippen LogP contribution >= 0.6 is 0 Å². The third-order valence-electron chi connectivity index (χ3n) is 3.54. The third-order valence-corrected chi connectivity index (χ3v) is 5.15. The summed E-state index contributed by atoms with van der Waals surface area (Å²) in [7, 11) is -3.71. The molecule has 0 spiro atoms. The van der Waals surface area contributed by atoms with E-state index >= 15 is 0 Å². The van der Waals surface area contributed by atoms with Gasteiger partial charge in [0.15, 0.2) is 9.84 Å². The minimum atomic E-state index is -3.71. The summed E-state index contributed by atoms with van der Waals surface area (Å²) < 4.78 is 25.0. The molecule has 0 bridgehead atoms. The number of rotatable bonds is 8. The van der Waals surface area contributed by atoms with Crippen LogP contribution < -0.4 is 10.6 Å². The Morgan fingerprint density at radius 2 is 1.89 bits per heavy atom. The molecular formula is C18H18N4O4S. The molecule has 1 heterocycles. The predicted octanol–water partition coefficient (Wildman–Crippen LogP) is 0.435. The Hall–Kier alpha value is -3.25. The van der Waals surface area contributed by atoms with E-state index < -0.39 is 33.4 Å². The van der Waals surface area contributed by atoms with Gasteiger partial charge in [-0.25, -0.2) is 8.42 Å². The van der Waals surface area contributed by atoms with E-state index in [0.717, 1.165) is 0 Å². The number of hydrogen-bond acceptors (Lipinski definition) is 6. The van der Waals surface area contributed by atoms with Crippen molar-refractivity contribution in [2.45, 2.75) is 11.8 Å². The molecule has 140 valence electrons. The molecule has 1 aromatic heterocycles. The number of amides is 2. The highest BCUT2D eigenvalue weighted by Crippen LogP contribution is 2.08. The van der Waals surface area contributed by atoms with Gasteiger partial charge in [-0.3, -0.25) is 14.6 Å². The number of pyridine rings is 1. The minimum absolute atomic E-state index is 0.191. The first-order chi connectivity index (χ1) is 12.9. The molecule has 1 atom stereocenters. The van der Waals surface area contributed by atoms with E-state index in [9.17, 15) is 18.0 Å². The molecule has 0 aliphatic carbocycles. The van der Waals surface area contributed by atoms with Crippen LogP contribution in [-0.4, -0.2) is 43.6 Å². The van der Waals surface area contributed by atoms with Gasteiger partial charge in [0.2, 0.25) is 5.91 Å². The molecule has 0 saturated carbocycles. The van der Waals surface area contributed by atoms with E-state index in [1.807, 2.05) is 0 Å². The highest BCUT2D eigenvalue weighted by molar-refractivity contribution is 7.90. The lowest BCUT2D eigenvalue weighted by Gasteiger charge is -2.18. The van der Waals surface area contributed by atoms with Crippen LogP contribution in [0.1, 0.15) is 15.9 Å². The zero-order chi connectivity index (χ0) is 19.7. The number of nitrogens with one attached hydrogen (secondary N) is 2. The number of nitrogens with zero attached hydrogens (tertiary/aromatic N) is 2. The number of nitriles is 1. The average Bonchev–Trinajstić information content (AvgIpc) is 2.66. The molecule has 0 aliphatic rings. The molecule has 2 N–H and O–H groups in total. The molecule has 2 rings (SSSR count). The number of aromatic nitrogens is 1. The molecule has 0 radical (unpaired) electrons. The minimum Gasteiger partial charge on any atom is -0.341 e. The zero-order valence-electron chi connectivity index (χ0n) is 14.3.